The van der Waals surface area contributed by atoms with Crippen LogP contribution < -0.4 is 0 Å². The lowest BCUT2D eigenvalue weighted by atomic mass is 9.71. The Balaban J connectivity index is 1.41. The molecule has 6 fully saturated rings. The molecule has 0 amide bonds. The van der Waals surface area contributed by atoms with Gasteiger partial charge in [-0.3, -0.25) is 10.1 Å². The van der Waals surface area contributed by atoms with Gasteiger partial charge in [0.05, 0.1) is 15.1 Å². The summed E-state index contributed by atoms with van der Waals surface area (Å²) in [4.78, 5) is 12.5. The van der Waals surface area contributed by atoms with E-state index in [0.29, 0.717) is 4.90 Å². The van der Waals surface area contributed by atoms with Crippen LogP contribution in [0.15, 0.2) is 35.2 Å². The molecule has 0 saturated heterocycles. The molecule has 136 valence electrons. The van der Waals surface area contributed by atoms with Crippen LogP contribution >= 0.6 is 0 Å². The molecule has 6 aliphatic carbocycles. The molecule has 0 aromatic heterocycles. The molecule has 1 aromatic carbocycles. The zero-order chi connectivity index (χ0) is 17.7. The van der Waals surface area contributed by atoms with Crippen molar-refractivity contribution in [3.63, 3.8) is 0 Å². The van der Waals surface area contributed by atoms with E-state index in [0.717, 1.165) is 38.5 Å². The molecule has 0 aliphatic heterocycles. The normalized spacial score (nSPS) is 56.8. The van der Waals surface area contributed by atoms with Crippen LogP contribution in [-0.2, 0) is 9.84 Å². The molecule has 0 spiro atoms. The maximum Gasteiger partial charge on any atom is 0.236 e. The number of benzene rings is 1. The Morgan fingerprint density at radius 1 is 0.885 bits per heavy atom. The van der Waals surface area contributed by atoms with Gasteiger partial charge in [0.2, 0.25) is 5.54 Å². The van der Waals surface area contributed by atoms with E-state index < -0.39 is 20.1 Å². The Hall–Kier alpha value is -1.43. The molecule has 6 heteroatoms. The fourth-order valence-electron chi connectivity index (χ4n) is 9.53. The van der Waals surface area contributed by atoms with Crippen molar-refractivity contribution < 1.29 is 13.3 Å². The minimum atomic E-state index is -3.43. The van der Waals surface area contributed by atoms with Crippen LogP contribution in [0.25, 0.3) is 0 Å². The molecule has 26 heavy (non-hydrogen) atoms. The predicted octanol–water partition coefficient (Wildman–Crippen LogP) is 3.07. The molecule has 6 saturated carbocycles. The molecule has 7 rings (SSSR count). The maximum atomic E-state index is 13.7. The molecule has 5 nitrogen and oxygen atoms in total. The van der Waals surface area contributed by atoms with E-state index in [1.807, 2.05) is 6.07 Å². The van der Waals surface area contributed by atoms with Crippen LogP contribution in [0.4, 0.5) is 0 Å². The number of nitro groups is 1. The first-order valence-corrected chi connectivity index (χ1v) is 11.4. The van der Waals surface area contributed by atoms with Crippen molar-refractivity contribution in [2.75, 3.05) is 0 Å². The van der Waals surface area contributed by atoms with Crippen molar-refractivity contribution in [2.45, 2.75) is 53.7 Å². The smallest absolute Gasteiger partial charge is 0.236 e. The third kappa shape index (κ3) is 0.925. The van der Waals surface area contributed by atoms with Crippen LogP contribution in [0.5, 0.6) is 0 Å². The van der Waals surface area contributed by atoms with E-state index in [2.05, 4.69) is 0 Å². The van der Waals surface area contributed by atoms with Crippen molar-refractivity contribution in [3.8, 4) is 0 Å². The van der Waals surface area contributed by atoms with E-state index in [9.17, 15) is 18.5 Å². The topological polar surface area (TPSA) is 77.3 Å². The molecule has 0 bridgehead atoms. The summed E-state index contributed by atoms with van der Waals surface area (Å²) in [5.41, 5.74) is -1.27. The first kappa shape index (κ1) is 14.6. The van der Waals surface area contributed by atoms with Crippen molar-refractivity contribution in [1.29, 1.82) is 0 Å². The first-order valence-electron chi connectivity index (χ1n) is 9.93. The van der Waals surface area contributed by atoms with Gasteiger partial charge in [-0.1, -0.05) is 31.0 Å². The Kier molecular flexibility index (Phi) is 2.04. The fraction of sp³-hybridized carbons (Fsp3) is 0.700. The molecule has 4 unspecified atom stereocenters. The van der Waals surface area contributed by atoms with Gasteiger partial charge < -0.3 is 0 Å². The number of nitrogens with zero attached hydrogens (tertiary/aromatic N) is 1. The Morgan fingerprint density at radius 3 is 1.92 bits per heavy atom. The molecular formula is C20H21NO4S. The van der Waals surface area contributed by atoms with Crippen molar-refractivity contribution >= 4 is 9.84 Å². The highest BCUT2D eigenvalue weighted by molar-refractivity contribution is 7.93. The predicted molar refractivity (Wildman–Crippen MR) is 92.6 cm³/mol. The number of rotatable bonds is 4. The number of hydrogen-bond acceptors (Lipinski definition) is 4. The second kappa shape index (κ2) is 3.62. The van der Waals surface area contributed by atoms with Gasteiger partial charge in [0.25, 0.3) is 0 Å². The summed E-state index contributed by atoms with van der Waals surface area (Å²) < 4.78 is 26.7. The number of sulfone groups is 1. The van der Waals surface area contributed by atoms with Crippen molar-refractivity contribution in [1.82, 2.24) is 0 Å². The molecule has 0 radical (unpaired) electrons. The molecule has 6 aliphatic rings. The second-order valence-electron chi connectivity index (χ2n) is 9.50. The third-order valence-corrected chi connectivity index (χ3v) is 12.4. The zero-order valence-electron chi connectivity index (χ0n) is 14.4. The van der Waals surface area contributed by atoms with E-state index >= 15 is 0 Å². The average Bonchev–Trinajstić information content (AvgIpc) is 3.57. The van der Waals surface area contributed by atoms with E-state index in [4.69, 9.17) is 0 Å². The SMILES string of the molecule is O=[N+]([O-])C12C3CCCC1C32C12C3CCCC1C32S(=O)(=O)c1ccccc1. The summed E-state index contributed by atoms with van der Waals surface area (Å²) in [6, 6.07) is 8.83. The molecule has 0 N–H and O–H groups in total. The van der Waals surface area contributed by atoms with Gasteiger partial charge in [-0.05, 0) is 49.7 Å². The Morgan fingerprint density at radius 2 is 1.42 bits per heavy atom. The van der Waals surface area contributed by atoms with Crippen molar-refractivity contribution in [2.24, 2.45) is 34.5 Å². The Labute approximate surface area is 152 Å². The number of fused-ring (bicyclic) bond motifs is 4. The van der Waals surface area contributed by atoms with Gasteiger partial charge in [0.1, 0.15) is 0 Å². The summed E-state index contributed by atoms with van der Waals surface area (Å²) >= 11 is 0. The van der Waals surface area contributed by atoms with Crippen LogP contribution in [0.2, 0.25) is 0 Å². The Bertz CT molecular complexity index is 976. The largest absolute Gasteiger partial charge is 0.264 e. The van der Waals surface area contributed by atoms with Crippen LogP contribution in [-0.4, -0.2) is 23.6 Å². The van der Waals surface area contributed by atoms with Crippen LogP contribution in [0.3, 0.4) is 0 Å². The first-order chi connectivity index (χ1) is 12.5. The number of hydrogen-bond donors (Lipinski definition) is 0. The summed E-state index contributed by atoms with van der Waals surface area (Å²) in [6.45, 7) is 0. The summed E-state index contributed by atoms with van der Waals surface area (Å²) in [5, 5.41) is 12.0. The summed E-state index contributed by atoms with van der Waals surface area (Å²) in [6.07, 6.45) is 5.91. The molecule has 0 heterocycles. The van der Waals surface area contributed by atoms with E-state index in [-0.39, 0.29) is 39.4 Å². The lowest BCUT2D eigenvalue weighted by Crippen LogP contribution is -2.32. The van der Waals surface area contributed by atoms with Crippen molar-refractivity contribution in [3.05, 3.63) is 40.4 Å². The fourth-order valence-corrected chi connectivity index (χ4v) is 12.6. The highest BCUT2D eigenvalue weighted by Crippen LogP contribution is 3.13. The minimum Gasteiger partial charge on any atom is -0.264 e. The maximum absolute atomic E-state index is 13.7. The lowest BCUT2D eigenvalue weighted by Gasteiger charge is -2.32. The quantitative estimate of drug-likeness (QED) is 0.602. The van der Waals surface area contributed by atoms with Gasteiger partial charge in [-0.15, -0.1) is 0 Å². The van der Waals surface area contributed by atoms with Crippen LogP contribution in [0, 0.1) is 44.6 Å². The standard InChI is InChI=1S/C20H21NO4S/c22-21(23)19-13-8-4-9-14(19)17(13,19)18-15-10-5-11-16(18)20(15,18)26(24,25)12-6-2-1-3-7-12/h1-3,6-7,13-16H,4-5,8-11H2. The van der Waals surface area contributed by atoms with Gasteiger partial charge in [-0.2, -0.15) is 0 Å². The monoisotopic (exact) mass is 371 g/mol. The zero-order valence-corrected chi connectivity index (χ0v) is 15.2. The van der Waals surface area contributed by atoms with Gasteiger partial charge >= 0.3 is 0 Å². The lowest BCUT2D eigenvalue weighted by molar-refractivity contribution is -0.532. The van der Waals surface area contributed by atoms with E-state index in [1.54, 1.807) is 24.3 Å². The average molecular weight is 371 g/mol. The van der Waals surface area contributed by atoms with Crippen LogP contribution in [0.1, 0.15) is 38.5 Å². The third-order valence-electron chi connectivity index (χ3n) is 9.73. The highest BCUT2D eigenvalue weighted by atomic mass is 32.2. The minimum absolute atomic E-state index is 0.00249. The molecule has 4 atom stereocenters. The second-order valence-corrected chi connectivity index (χ2v) is 11.7. The van der Waals surface area contributed by atoms with Gasteiger partial charge in [-0.25, -0.2) is 8.42 Å². The van der Waals surface area contributed by atoms with Gasteiger partial charge in [0.15, 0.2) is 9.84 Å². The molecule has 1 aromatic rings. The van der Waals surface area contributed by atoms with E-state index in [1.165, 1.54) is 0 Å². The summed E-state index contributed by atoms with van der Waals surface area (Å²) in [7, 11) is -3.43. The van der Waals surface area contributed by atoms with Gasteiger partial charge in [0, 0.05) is 22.2 Å². The highest BCUT2D eigenvalue weighted by Gasteiger charge is 3.24. The molecular weight excluding hydrogens is 350 g/mol. The summed E-state index contributed by atoms with van der Waals surface area (Å²) in [5.74, 6) is 0.655.